The minimum atomic E-state index is -1.03. The molecule has 1 amide bonds. The van der Waals surface area contributed by atoms with E-state index in [0.717, 1.165) is 28.8 Å². The van der Waals surface area contributed by atoms with Gasteiger partial charge in [0.25, 0.3) is 5.91 Å². The van der Waals surface area contributed by atoms with Crippen molar-refractivity contribution in [2.75, 3.05) is 5.32 Å². The predicted molar refractivity (Wildman–Crippen MR) is 130 cm³/mol. The fraction of sp³-hybridized carbons (Fsp3) is 0.192. The fourth-order valence-corrected chi connectivity index (χ4v) is 5.37. The number of rotatable bonds is 5. The second-order valence-corrected chi connectivity index (χ2v) is 8.94. The molecule has 1 aliphatic carbocycles. The van der Waals surface area contributed by atoms with Crippen LogP contribution in [0.4, 0.5) is 5.00 Å². The van der Waals surface area contributed by atoms with Crippen LogP contribution in [0.1, 0.15) is 40.5 Å². The zero-order valence-corrected chi connectivity index (χ0v) is 19.2. The average molecular weight is 469 g/mol. The first kappa shape index (κ1) is 21.7. The Hall–Kier alpha value is -4.09. The Balaban J connectivity index is 1.36. The molecule has 5 rings (SSSR count). The minimum absolute atomic E-state index is 0.0332. The van der Waals surface area contributed by atoms with Gasteiger partial charge in [-0.2, -0.15) is 5.26 Å². The van der Waals surface area contributed by atoms with Crippen LogP contribution in [0.3, 0.4) is 0 Å². The quantitative estimate of drug-likeness (QED) is 0.418. The van der Waals surface area contributed by atoms with Crippen LogP contribution in [0.25, 0.3) is 21.5 Å². The van der Waals surface area contributed by atoms with Crippen molar-refractivity contribution in [3.05, 3.63) is 77.1 Å². The number of para-hydroxylation sites is 2. The molecular formula is C26H20N4O3S. The maximum Gasteiger partial charge on any atom is 0.359 e. The van der Waals surface area contributed by atoms with Crippen LogP contribution in [0.5, 0.6) is 0 Å². The summed E-state index contributed by atoms with van der Waals surface area (Å²) >= 11 is 1.38. The SMILES string of the molecule is CCC(OC(=O)c1cnc2ccccc2n1)C(=O)Nc1sc2c(c1C#N)CCc1ccccc1-2. The zero-order valence-electron chi connectivity index (χ0n) is 18.4. The molecule has 1 aliphatic rings. The molecule has 1 N–H and O–H groups in total. The lowest BCUT2D eigenvalue weighted by atomic mass is 9.90. The number of hydrogen-bond donors (Lipinski definition) is 1. The average Bonchev–Trinajstić information content (AvgIpc) is 3.24. The lowest BCUT2D eigenvalue weighted by molar-refractivity contribution is -0.124. The Morgan fingerprint density at radius 1 is 1.15 bits per heavy atom. The van der Waals surface area contributed by atoms with Crippen molar-refractivity contribution in [1.82, 2.24) is 9.97 Å². The smallest absolute Gasteiger partial charge is 0.359 e. The van der Waals surface area contributed by atoms with Crippen LogP contribution in [-0.4, -0.2) is 27.9 Å². The van der Waals surface area contributed by atoms with E-state index in [2.05, 4.69) is 27.4 Å². The number of amides is 1. The van der Waals surface area contributed by atoms with E-state index in [-0.39, 0.29) is 12.1 Å². The standard InChI is InChI=1S/C26H20N4O3S/c1-2-22(33-26(32)21-14-28-19-9-5-6-10-20(19)29-21)24(31)30-25-18(13-27)17-12-11-15-7-3-4-8-16(15)23(17)34-25/h3-10,14,22H,2,11-12H2,1H3,(H,30,31). The third-order valence-electron chi connectivity index (χ3n) is 5.83. The molecule has 4 aromatic rings. The van der Waals surface area contributed by atoms with Gasteiger partial charge in [0.15, 0.2) is 11.8 Å². The van der Waals surface area contributed by atoms with Gasteiger partial charge < -0.3 is 10.1 Å². The third kappa shape index (κ3) is 3.91. The van der Waals surface area contributed by atoms with Crippen molar-refractivity contribution in [2.24, 2.45) is 0 Å². The Morgan fingerprint density at radius 2 is 1.91 bits per heavy atom. The molecule has 0 saturated heterocycles. The number of anilines is 1. The van der Waals surface area contributed by atoms with E-state index < -0.39 is 18.0 Å². The van der Waals surface area contributed by atoms with Gasteiger partial charge in [-0.25, -0.2) is 9.78 Å². The molecule has 0 bridgehead atoms. The topological polar surface area (TPSA) is 105 Å². The van der Waals surface area contributed by atoms with Gasteiger partial charge in [-0.3, -0.25) is 9.78 Å². The van der Waals surface area contributed by atoms with Crippen LogP contribution >= 0.6 is 11.3 Å². The molecule has 2 heterocycles. The van der Waals surface area contributed by atoms with E-state index in [1.165, 1.54) is 23.1 Å². The highest BCUT2D eigenvalue weighted by Gasteiger charge is 2.28. The number of hydrogen-bond acceptors (Lipinski definition) is 7. The molecular weight excluding hydrogens is 448 g/mol. The number of ether oxygens (including phenoxy) is 1. The first-order chi connectivity index (χ1) is 16.6. The van der Waals surface area contributed by atoms with Gasteiger partial charge in [0.1, 0.15) is 11.1 Å². The van der Waals surface area contributed by atoms with Crippen molar-refractivity contribution >= 4 is 39.2 Å². The number of benzene rings is 2. The number of nitrogens with zero attached hydrogens (tertiary/aromatic N) is 3. The van der Waals surface area contributed by atoms with Crippen LogP contribution in [0.2, 0.25) is 0 Å². The lowest BCUT2D eigenvalue weighted by Gasteiger charge is -2.15. The monoisotopic (exact) mass is 468 g/mol. The molecule has 2 aromatic heterocycles. The summed E-state index contributed by atoms with van der Waals surface area (Å²) in [5, 5.41) is 13.1. The minimum Gasteiger partial charge on any atom is -0.447 e. The van der Waals surface area contributed by atoms with Gasteiger partial charge in [-0.05, 0) is 48.1 Å². The van der Waals surface area contributed by atoms with Gasteiger partial charge in [-0.1, -0.05) is 43.3 Å². The number of thiophene rings is 1. The van der Waals surface area contributed by atoms with Gasteiger partial charge in [0.2, 0.25) is 0 Å². The molecule has 0 radical (unpaired) electrons. The molecule has 168 valence electrons. The molecule has 2 aromatic carbocycles. The number of esters is 1. The predicted octanol–water partition coefficient (Wildman–Crippen LogP) is 4.90. The molecule has 0 fully saturated rings. The highest BCUT2D eigenvalue weighted by molar-refractivity contribution is 7.20. The normalized spacial score (nSPS) is 12.8. The number of aryl methyl sites for hydroxylation is 1. The summed E-state index contributed by atoms with van der Waals surface area (Å²) in [6.07, 6.45) is 2.18. The van der Waals surface area contributed by atoms with E-state index >= 15 is 0 Å². The summed E-state index contributed by atoms with van der Waals surface area (Å²) < 4.78 is 5.47. The summed E-state index contributed by atoms with van der Waals surface area (Å²) in [6.45, 7) is 1.75. The highest BCUT2D eigenvalue weighted by Crippen LogP contribution is 2.44. The van der Waals surface area contributed by atoms with Crippen LogP contribution < -0.4 is 5.32 Å². The summed E-state index contributed by atoms with van der Waals surface area (Å²) in [5.41, 5.74) is 5.02. The maximum atomic E-state index is 13.0. The first-order valence-corrected chi connectivity index (χ1v) is 11.8. The second-order valence-electron chi connectivity index (χ2n) is 7.92. The zero-order chi connectivity index (χ0) is 23.7. The van der Waals surface area contributed by atoms with Crippen molar-refractivity contribution in [3.8, 4) is 16.5 Å². The summed E-state index contributed by atoms with van der Waals surface area (Å²) in [5.74, 6) is -1.20. The third-order valence-corrected chi connectivity index (χ3v) is 7.01. The van der Waals surface area contributed by atoms with E-state index in [0.29, 0.717) is 21.6 Å². The van der Waals surface area contributed by atoms with Crippen molar-refractivity contribution in [2.45, 2.75) is 32.3 Å². The Kier molecular flexibility index (Phi) is 5.78. The molecule has 7 nitrogen and oxygen atoms in total. The molecule has 0 spiro atoms. The van der Waals surface area contributed by atoms with Crippen molar-refractivity contribution in [3.63, 3.8) is 0 Å². The fourth-order valence-electron chi connectivity index (χ4n) is 4.11. The van der Waals surface area contributed by atoms with E-state index in [9.17, 15) is 14.9 Å². The Bertz CT molecular complexity index is 1470. The van der Waals surface area contributed by atoms with E-state index in [1.807, 2.05) is 24.3 Å². The summed E-state index contributed by atoms with van der Waals surface area (Å²) in [6, 6.07) is 17.5. The van der Waals surface area contributed by atoms with Crippen molar-refractivity contribution in [1.29, 1.82) is 5.26 Å². The second kappa shape index (κ2) is 9.04. The summed E-state index contributed by atoms with van der Waals surface area (Å²) in [4.78, 5) is 35.2. The summed E-state index contributed by atoms with van der Waals surface area (Å²) in [7, 11) is 0. The highest BCUT2D eigenvalue weighted by atomic mass is 32.1. The Morgan fingerprint density at radius 3 is 2.71 bits per heavy atom. The molecule has 1 unspecified atom stereocenters. The lowest BCUT2D eigenvalue weighted by Crippen LogP contribution is -2.32. The van der Waals surface area contributed by atoms with E-state index in [4.69, 9.17) is 4.74 Å². The number of nitrogens with one attached hydrogen (secondary N) is 1. The number of aromatic nitrogens is 2. The molecule has 8 heteroatoms. The number of carbonyl (C=O) groups is 2. The van der Waals surface area contributed by atoms with Crippen LogP contribution in [-0.2, 0) is 22.4 Å². The van der Waals surface area contributed by atoms with E-state index in [1.54, 1.807) is 25.1 Å². The van der Waals surface area contributed by atoms with Gasteiger partial charge >= 0.3 is 5.97 Å². The number of fused-ring (bicyclic) bond motifs is 4. The number of carbonyl (C=O) groups excluding carboxylic acids is 2. The molecule has 34 heavy (non-hydrogen) atoms. The van der Waals surface area contributed by atoms with Crippen molar-refractivity contribution < 1.29 is 14.3 Å². The molecule has 0 saturated carbocycles. The van der Waals surface area contributed by atoms with Crippen LogP contribution in [0.15, 0.2) is 54.7 Å². The Labute approximate surface area is 200 Å². The van der Waals surface area contributed by atoms with Crippen LogP contribution in [0, 0.1) is 11.3 Å². The molecule has 0 aliphatic heterocycles. The maximum absolute atomic E-state index is 13.0. The largest absolute Gasteiger partial charge is 0.447 e. The number of nitriles is 1. The van der Waals surface area contributed by atoms with Gasteiger partial charge in [0, 0.05) is 4.88 Å². The van der Waals surface area contributed by atoms with Gasteiger partial charge in [-0.15, -0.1) is 11.3 Å². The molecule has 1 atom stereocenters. The van der Waals surface area contributed by atoms with Gasteiger partial charge in [0.05, 0.1) is 22.8 Å². The first-order valence-electron chi connectivity index (χ1n) is 11.0.